The Labute approximate surface area is 352 Å². The Balaban J connectivity index is 1.04. The Morgan fingerprint density at radius 1 is 0.871 bits per heavy atom. The van der Waals surface area contributed by atoms with Crippen LogP contribution in [-0.4, -0.2) is 140 Å². The lowest BCUT2D eigenvalue weighted by atomic mass is 9.72. The van der Waals surface area contributed by atoms with E-state index in [2.05, 4.69) is 10.1 Å². The normalized spacial score (nSPS) is 30.3. The molecule has 2 aliphatic carbocycles. The molecule has 2 heterocycles. The number of ether oxygens (including phenoxy) is 7. The number of aliphatic hydroxyl groups is 5. The zero-order chi connectivity index (χ0) is 44.9. The van der Waals surface area contributed by atoms with E-state index in [9.17, 15) is 59.7 Å². The van der Waals surface area contributed by atoms with E-state index in [-0.39, 0.29) is 46.8 Å². The van der Waals surface area contributed by atoms with Gasteiger partial charge in [-0.1, -0.05) is 24.3 Å². The van der Waals surface area contributed by atoms with Gasteiger partial charge in [-0.2, -0.15) is 0 Å². The van der Waals surface area contributed by atoms with Crippen LogP contribution in [0.5, 0.6) is 23.0 Å². The molecule has 3 aromatic carbocycles. The zero-order valence-electron chi connectivity index (χ0n) is 33.7. The maximum Gasteiger partial charge on any atom is 0.407 e. The lowest BCUT2D eigenvalue weighted by molar-refractivity contribution is -0.271. The molecule has 0 bridgehead atoms. The second-order valence-electron chi connectivity index (χ2n) is 15.5. The van der Waals surface area contributed by atoms with Crippen molar-refractivity contribution >= 4 is 29.4 Å². The number of methoxy groups -OCH3 is 2. The van der Waals surface area contributed by atoms with Crippen LogP contribution in [0.15, 0.2) is 42.5 Å². The number of rotatable bonds is 10. The van der Waals surface area contributed by atoms with Crippen molar-refractivity contribution in [2.45, 2.75) is 107 Å². The first-order valence-electron chi connectivity index (χ1n) is 19.4. The molecule has 62 heavy (non-hydrogen) atoms. The first-order valence-corrected chi connectivity index (χ1v) is 19.4. The molecule has 4 aliphatic rings. The van der Waals surface area contributed by atoms with Crippen LogP contribution >= 0.6 is 0 Å². The summed E-state index contributed by atoms with van der Waals surface area (Å²) in [5.74, 6) is -4.59. The molecule has 2 saturated heterocycles. The Morgan fingerprint density at radius 3 is 2.23 bits per heavy atom. The van der Waals surface area contributed by atoms with Gasteiger partial charge in [0.2, 0.25) is 12.1 Å². The van der Waals surface area contributed by atoms with Crippen LogP contribution in [0.3, 0.4) is 0 Å². The number of aliphatic hydroxyl groups excluding tert-OH is 4. The summed E-state index contributed by atoms with van der Waals surface area (Å²) in [5.41, 5.74) is -3.31. The van der Waals surface area contributed by atoms with Crippen LogP contribution in [0.25, 0.3) is 0 Å². The van der Waals surface area contributed by atoms with Crippen LogP contribution in [0.2, 0.25) is 0 Å². The fourth-order valence-electron chi connectivity index (χ4n) is 8.16. The predicted molar refractivity (Wildman–Crippen MR) is 205 cm³/mol. The van der Waals surface area contributed by atoms with Crippen LogP contribution in [0.4, 0.5) is 4.79 Å². The number of carbonyl (C=O) groups excluding carboxylic acids is 5. The van der Waals surface area contributed by atoms with Gasteiger partial charge < -0.3 is 74.2 Å². The molecule has 2 fully saturated rings. The van der Waals surface area contributed by atoms with E-state index < -0.39 is 132 Å². The SMILES string of the molecule is COC(=O)[C@H]1O[C@@H](Oc2ccc(COC(=O)N[C@H]3C[C@H](O[C@H]4C[C@](O)(C(C)=O)Cc5c(O)c6c(c(O)c54)C(=O)c4c(OC)cccc4C6=O)O[C@@H](C)[C@H]3O)cc2)[C@H](O)[C@@H](O)[C@@H]1O. The molecule has 2 aliphatic heterocycles. The molecule has 332 valence electrons. The summed E-state index contributed by atoms with van der Waals surface area (Å²) in [6, 6.07) is 9.12. The number of nitrogens with one attached hydrogen (secondary N) is 1. The van der Waals surface area contributed by atoms with E-state index in [0.29, 0.717) is 5.56 Å². The number of ketones is 3. The van der Waals surface area contributed by atoms with Gasteiger partial charge in [0.05, 0.1) is 49.2 Å². The fourth-order valence-corrected chi connectivity index (χ4v) is 8.16. The lowest BCUT2D eigenvalue weighted by Gasteiger charge is -2.42. The van der Waals surface area contributed by atoms with E-state index in [1.54, 1.807) is 0 Å². The van der Waals surface area contributed by atoms with Crippen molar-refractivity contribution in [3.05, 3.63) is 81.4 Å². The van der Waals surface area contributed by atoms with Crippen molar-refractivity contribution in [2.24, 2.45) is 0 Å². The summed E-state index contributed by atoms with van der Waals surface area (Å²) in [5, 5.41) is 79.1. The number of phenols is 2. The fraction of sp³-hybridized carbons (Fsp3) is 0.452. The molecule has 11 atom stereocenters. The third-order valence-corrected chi connectivity index (χ3v) is 11.6. The Morgan fingerprint density at radius 2 is 1.56 bits per heavy atom. The molecular weight excluding hydrogens is 822 g/mol. The maximum atomic E-state index is 14.0. The van der Waals surface area contributed by atoms with E-state index >= 15 is 0 Å². The standard InChI is InChI=1S/C42H45NO19/c1-16-30(45)22(43-41(54)58-15-18-8-10-19(11-9-18)60-40-37(52)35(50)36(51)38(62-40)39(53)57-4)12-25(59-16)61-24-14-42(55,17(2)44)13-21-27(24)34(49)29-28(32(21)47)31(46)20-6-5-7-23(56-3)26(20)33(29)48/h5-11,16,22,24-25,30,35-38,40,45,47,49-52,55H,12-15H2,1-4H3,(H,43,54)/t16-,22-,24-,25-,30+,35-,36-,37+,38-,40+,42-/m0/s1. The highest BCUT2D eigenvalue weighted by Crippen LogP contribution is 2.52. The van der Waals surface area contributed by atoms with Crippen molar-refractivity contribution in [1.29, 1.82) is 0 Å². The maximum absolute atomic E-state index is 14.0. The van der Waals surface area contributed by atoms with Crippen LogP contribution in [-0.2, 0) is 46.3 Å². The molecule has 0 saturated carbocycles. The monoisotopic (exact) mass is 867 g/mol. The zero-order valence-corrected chi connectivity index (χ0v) is 33.7. The number of carbonyl (C=O) groups is 5. The third kappa shape index (κ3) is 7.95. The summed E-state index contributed by atoms with van der Waals surface area (Å²) in [6.45, 7) is 2.35. The predicted octanol–water partition coefficient (Wildman–Crippen LogP) is 0.356. The second-order valence-corrected chi connectivity index (χ2v) is 15.5. The summed E-state index contributed by atoms with van der Waals surface area (Å²) >= 11 is 0. The van der Waals surface area contributed by atoms with E-state index in [0.717, 1.165) is 14.0 Å². The molecule has 3 aromatic rings. The van der Waals surface area contributed by atoms with Gasteiger partial charge >= 0.3 is 12.1 Å². The summed E-state index contributed by atoms with van der Waals surface area (Å²) in [7, 11) is 2.36. The van der Waals surface area contributed by atoms with Gasteiger partial charge in [0.1, 0.15) is 59.6 Å². The number of alkyl carbamates (subject to hydrolysis) is 1. The van der Waals surface area contributed by atoms with E-state index in [1.807, 2.05) is 0 Å². The van der Waals surface area contributed by atoms with Crippen molar-refractivity contribution in [3.8, 4) is 23.0 Å². The number of fused-ring (bicyclic) bond motifs is 3. The number of hydrogen-bond donors (Lipinski definition) is 8. The highest BCUT2D eigenvalue weighted by molar-refractivity contribution is 6.31. The van der Waals surface area contributed by atoms with Gasteiger partial charge in [-0.3, -0.25) is 14.4 Å². The quantitative estimate of drug-likeness (QED) is 0.0788. The molecule has 1 amide bonds. The summed E-state index contributed by atoms with van der Waals surface area (Å²) < 4.78 is 38.3. The van der Waals surface area contributed by atoms with Gasteiger partial charge in [0, 0.05) is 36.0 Å². The third-order valence-electron chi connectivity index (χ3n) is 11.6. The number of hydrogen-bond acceptors (Lipinski definition) is 19. The average molecular weight is 868 g/mol. The highest BCUT2D eigenvalue weighted by Gasteiger charge is 2.51. The molecule has 7 rings (SSSR count). The van der Waals surface area contributed by atoms with Crippen LogP contribution in [0.1, 0.15) is 81.3 Å². The minimum absolute atomic E-state index is 0.0546. The molecule has 20 heteroatoms. The molecule has 20 nitrogen and oxygen atoms in total. The Kier molecular flexibility index (Phi) is 12.3. The Bertz CT molecular complexity index is 2280. The van der Waals surface area contributed by atoms with Gasteiger partial charge in [-0.05, 0) is 37.6 Å². The molecule has 0 spiro atoms. The highest BCUT2D eigenvalue weighted by atomic mass is 16.7. The van der Waals surface area contributed by atoms with Crippen molar-refractivity contribution in [2.75, 3.05) is 14.2 Å². The van der Waals surface area contributed by atoms with E-state index in [1.165, 1.54) is 56.5 Å². The number of amides is 1. The van der Waals surface area contributed by atoms with Gasteiger partial charge in [0.15, 0.2) is 24.0 Å². The van der Waals surface area contributed by atoms with Gasteiger partial charge in [-0.25, -0.2) is 9.59 Å². The van der Waals surface area contributed by atoms with Crippen LogP contribution < -0.4 is 14.8 Å². The van der Waals surface area contributed by atoms with Gasteiger partial charge in [-0.15, -0.1) is 0 Å². The minimum atomic E-state index is -2.16. The first-order chi connectivity index (χ1) is 29.4. The molecule has 0 radical (unpaired) electrons. The Hall–Kier alpha value is -5.71. The number of benzene rings is 3. The first kappa shape index (κ1) is 44.3. The van der Waals surface area contributed by atoms with Crippen molar-refractivity contribution in [3.63, 3.8) is 0 Å². The molecule has 8 N–H and O–H groups in total. The number of Topliss-reactive ketones (excluding diaryl/α,β-unsaturated/α-hetero) is 1. The summed E-state index contributed by atoms with van der Waals surface area (Å²) in [4.78, 5) is 65.6. The number of phenolic OH excluding ortho intramolecular Hbond substituents is 2. The van der Waals surface area contributed by atoms with E-state index in [4.69, 9.17) is 28.4 Å². The topological polar surface area (TPSA) is 304 Å². The molecular formula is C42H45NO19. The average Bonchev–Trinajstić information content (AvgIpc) is 3.24. The number of esters is 1. The summed E-state index contributed by atoms with van der Waals surface area (Å²) in [6.07, 6.45) is -15.6. The largest absolute Gasteiger partial charge is 0.507 e. The molecule has 0 unspecified atom stereocenters. The minimum Gasteiger partial charge on any atom is -0.507 e. The smallest absolute Gasteiger partial charge is 0.407 e. The second kappa shape index (κ2) is 17.2. The van der Waals surface area contributed by atoms with Crippen LogP contribution in [0, 0.1) is 0 Å². The van der Waals surface area contributed by atoms with Crippen molar-refractivity contribution < 1.29 is 92.9 Å². The van der Waals surface area contributed by atoms with Gasteiger partial charge in [0.25, 0.3) is 0 Å². The van der Waals surface area contributed by atoms with Crippen molar-refractivity contribution in [1.82, 2.24) is 5.32 Å². The lowest BCUT2D eigenvalue weighted by Crippen LogP contribution is -2.61. The number of aromatic hydroxyl groups is 2. The molecule has 0 aromatic heterocycles.